The van der Waals surface area contributed by atoms with Gasteiger partial charge < -0.3 is 9.84 Å². The second-order valence-electron chi connectivity index (χ2n) is 3.05. The number of carbonyl (C=O) groups excluding carboxylic acids is 1. The number of aromatic nitrogens is 1. The van der Waals surface area contributed by atoms with E-state index in [1.165, 1.54) is 17.4 Å². The molecule has 0 atom stereocenters. The third-order valence-electron chi connectivity index (χ3n) is 1.69. The van der Waals surface area contributed by atoms with Crippen molar-refractivity contribution < 1.29 is 19.4 Å². The minimum Gasteiger partial charge on any atom is -0.481 e. The molecule has 0 aliphatic heterocycles. The largest absolute Gasteiger partial charge is 0.481 e. The molecule has 0 bridgehead atoms. The maximum absolute atomic E-state index is 11.1. The summed E-state index contributed by atoms with van der Waals surface area (Å²) in [7, 11) is 0. The summed E-state index contributed by atoms with van der Waals surface area (Å²) in [5, 5.41) is 13.0. The van der Waals surface area contributed by atoms with Gasteiger partial charge in [-0.25, -0.2) is 9.78 Å². The Kier molecular flexibility index (Phi) is 5.15. The van der Waals surface area contributed by atoms with Crippen LogP contribution in [0.5, 0.6) is 0 Å². The number of carboxylic acids is 1. The predicted molar refractivity (Wildman–Crippen MR) is 63.2 cm³/mol. The topological polar surface area (TPSA) is 88.5 Å². The highest BCUT2D eigenvalue weighted by Crippen LogP contribution is 2.16. The molecule has 0 radical (unpaired) electrons. The van der Waals surface area contributed by atoms with E-state index >= 15 is 0 Å². The fraction of sp³-hybridized carbons (Fsp3) is 0.300. The molecule has 2 N–H and O–H groups in total. The van der Waals surface area contributed by atoms with E-state index in [4.69, 9.17) is 9.84 Å². The number of hydrogen-bond acceptors (Lipinski definition) is 5. The number of aryl methyl sites for hydroxylation is 1. The predicted octanol–water partition coefficient (Wildman–Crippen LogP) is 1.89. The number of anilines is 1. The molecule has 0 saturated carbocycles. The lowest BCUT2D eigenvalue weighted by atomic mass is 10.3. The molecule has 6 nitrogen and oxygen atoms in total. The fourth-order valence-electron chi connectivity index (χ4n) is 0.972. The lowest BCUT2D eigenvalue weighted by molar-refractivity contribution is -0.136. The van der Waals surface area contributed by atoms with Crippen LogP contribution in [0.1, 0.15) is 12.1 Å². The van der Waals surface area contributed by atoms with Crippen LogP contribution in [0.15, 0.2) is 18.0 Å². The molecule has 1 amide bonds. The van der Waals surface area contributed by atoms with Crippen LogP contribution in [0.2, 0.25) is 0 Å². The van der Waals surface area contributed by atoms with Gasteiger partial charge >= 0.3 is 12.1 Å². The lowest BCUT2D eigenvalue weighted by Gasteiger charge is -2.00. The second-order valence-corrected chi connectivity index (χ2v) is 3.91. The third kappa shape index (κ3) is 5.12. The number of rotatable bonds is 6. The summed E-state index contributed by atoms with van der Waals surface area (Å²) in [6.07, 6.45) is 1.21. The normalized spacial score (nSPS) is 9.65. The van der Waals surface area contributed by atoms with Crippen LogP contribution < -0.4 is 5.32 Å². The quantitative estimate of drug-likeness (QED) is 0.759. The Bertz CT molecular complexity index is 416. The van der Waals surface area contributed by atoms with Crippen molar-refractivity contribution in [1.29, 1.82) is 0 Å². The average Bonchev–Trinajstić information content (AvgIpc) is 2.71. The van der Waals surface area contributed by atoms with Crippen molar-refractivity contribution in [1.82, 2.24) is 4.98 Å². The zero-order valence-corrected chi connectivity index (χ0v) is 9.83. The molecule has 1 aromatic heterocycles. The first kappa shape index (κ1) is 13.2. The van der Waals surface area contributed by atoms with Gasteiger partial charge in [0.15, 0.2) is 5.13 Å². The first-order valence-corrected chi connectivity index (χ1v) is 5.70. The fourth-order valence-corrected chi connectivity index (χ4v) is 1.70. The van der Waals surface area contributed by atoms with Crippen LogP contribution in [0.25, 0.3) is 0 Å². The summed E-state index contributed by atoms with van der Waals surface area (Å²) in [5.41, 5.74) is 0.636. The van der Waals surface area contributed by atoms with Crippen molar-refractivity contribution in [3.63, 3.8) is 0 Å². The van der Waals surface area contributed by atoms with Crippen molar-refractivity contribution in [2.24, 2.45) is 0 Å². The number of amides is 1. The monoisotopic (exact) mass is 256 g/mol. The number of carboxylic acid groups (broad SMARTS) is 1. The van der Waals surface area contributed by atoms with Gasteiger partial charge in [0.2, 0.25) is 0 Å². The summed E-state index contributed by atoms with van der Waals surface area (Å²) in [6, 6.07) is 0. The van der Waals surface area contributed by atoms with Gasteiger partial charge in [0.25, 0.3) is 0 Å². The van der Waals surface area contributed by atoms with Gasteiger partial charge in [-0.2, -0.15) is 0 Å². The van der Waals surface area contributed by atoms with E-state index in [9.17, 15) is 9.59 Å². The van der Waals surface area contributed by atoms with E-state index in [0.29, 0.717) is 17.2 Å². The molecule has 0 aliphatic carbocycles. The van der Waals surface area contributed by atoms with E-state index in [0.717, 1.165) is 0 Å². The molecule has 0 spiro atoms. The number of nitrogens with one attached hydrogen (secondary N) is 1. The van der Waals surface area contributed by atoms with Gasteiger partial charge in [-0.3, -0.25) is 10.1 Å². The molecule has 0 saturated heterocycles. The highest BCUT2D eigenvalue weighted by molar-refractivity contribution is 7.13. The number of aliphatic carboxylic acids is 1. The average molecular weight is 256 g/mol. The zero-order valence-electron chi connectivity index (χ0n) is 9.01. The number of thiazole rings is 1. The number of nitrogens with zero attached hydrogens (tertiary/aromatic N) is 1. The lowest BCUT2D eigenvalue weighted by Crippen LogP contribution is -2.13. The molecule has 0 aliphatic rings. The van der Waals surface area contributed by atoms with Gasteiger partial charge in [-0.05, 0) is 0 Å². The van der Waals surface area contributed by atoms with E-state index in [-0.39, 0.29) is 13.0 Å². The first-order valence-electron chi connectivity index (χ1n) is 4.82. The first-order chi connectivity index (χ1) is 8.11. The SMILES string of the molecule is C=CCOC(=O)Nc1nc(CCC(=O)O)cs1. The smallest absolute Gasteiger partial charge is 0.413 e. The van der Waals surface area contributed by atoms with Gasteiger partial charge in [0, 0.05) is 11.8 Å². The van der Waals surface area contributed by atoms with E-state index in [1.807, 2.05) is 0 Å². The van der Waals surface area contributed by atoms with Crippen LogP contribution >= 0.6 is 11.3 Å². The van der Waals surface area contributed by atoms with Crippen molar-refractivity contribution in [3.8, 4) is 0 Å². The van der Waals surface area contributed by atoms with Crippen LogP contribution in [0.3, 0.4) is 0 Å². The highest BCUT2D eigenvalue weighted by atomic mass is 32.1. The molecule has 92 valence electrons. The maximum atomic E-state index is 11.1. The van der Waals surface area contributed by atoms with E-state index in [2.05, 4.69) is 16.9 Å². The Morgan fingerprint density at radius 1 is 1.65 bits per heavy atom. The number of carbonyl (C=O) groups is 2. The summed E-state index contributed by atoms with van der Waals surface area (Å²) in [4.78, 5) is 25.5. The van der Waals surface area contributed by atoms with E-state index < -0.39 is 12.1 Å². The Labute approximate surface area is 102 Å². The second kappa shape index (κ2) is 6.64. The summed E-state index contributed by atoms with van der Waals surface area (Å²) >= 11 is 1.22. The molecule has 7 heteroatoms. The van der Waals surface area contributed by atoms with Gasteiger partial charge in [-0.1, -0.05) is 12.7 Å². The Morgan fingerprint density at radius 2 is 2.41 bits per heavy atom. The Balaban J connectivity index is 2.42. The highest BCUT2D eigenvalue weighted by Gasteiger charge is 2.07. The van der Waals surface area contributed by atoms with Crippen molar-refractivity contribution >= 4 is 28.5 Å². The van der Waals surface area contributed by atoms with Gasteiger partial charge in [0.1, 0.15) is 6.61 Å². The van der Waals surface area contributed by atoms with Crippen molar-refractivity contribution in [2.45, 2.75) is 12.8 Å². The molecule has 17 heavy (non-hydrogen) atoms. The minimum absolute atomic E-state index is 0.0179. The molecule has 0 unspecified atom stereocenters. The summed E-state index contributed by atoms with van der Waals surface area (Å²) < 4.78 is 4.71. The summed E-state index contributed by atoms with van der Waals surface area (Å²) in [6.45, 7) is 3.54. The molecule has 0 aromatic carbocycles. The molecule has 1 rings (SSSR count). The van der Waals surface area contributed by atoms with Crippen LogP contribution in [0.4, 0.5) is 9.93 Å². The maximum Gasteiger partial charge on any atom is 0.413 e. The molecule has 1 heterocycles. The van der Waals surface area contributed by atoms with Gasteiger partial charge in [0.05, 0.1) is 12.1 Å². The van der Waals surface area contributed by atoms with Gasteiger partial charge in [-0.15, -0.1) is 11.3 Å². The van der Waals surface area contributed by atoms with Crippen LogP contribution in [-0.2, 0) is 16.0 Å². The van der Waals surface area contributed by atoms with Crippen LogP contribution in [-0.4, -0.2) is 28.8 Å². The third-order valence-corrected chi connectivity index (χ3v) is 2.49. The molecule has 0 fully saturated rings. The number of hydrogen-bond donors (Lipinski definition) is 2. The van der Waals surface area contributed by atoms with Crippen LogP contribution in [0, 0.1) is 0 Å². The zero-order chi connectivity index (χ0) is 12.7. The number of ether oxygens (including phenoxy) is 1. The molecular weight excluding hydrogens is 244 g/mol. The Morgan fingerprint density at radius 3 is 3.06 bits per heavy atom. The van der Waals surface area contributed by atoms with Crippen molar-refractivity contribution in [2.75, 3.05) is 11.9 Å². The standard InChI is InChI=1S/C10H12N2O4S/c1-2-5-16-10(15)12-9-11-7(6-17-9)3-4-8(13)14/h2,6H,1,3-5H2,(H,13,14)(H,11,12,15). The van der Waals surface area contributed by atoms with Crippen molar-refractivity contribution in [3.05, 3.63) is 23.7 Å². The van der Waals surface area contributed by atoms with E-state index in [1.54, 1.807) is 5.38 Å². The Hall–Kier alpha value is -1.89. The molecule has 1 aromatic rings. The summed E-state index contributed by atoms with van der Waals surface area (Å²) in [5.74, 6) is -0.877. The molecular formula is C10H12N2O4S. The minimum atomic E-state index is -0.877.